The van der Waals surface area contributed by atoms with Crippen molar-refractivity contribution in [2.45, 2.75) is 33.4 Å². The van der Waals surface area contributed by atoms with Crippen molar-refractivity contribution in [2.75, 3.05) is 13.7 Å². The summed E-state index contributed by atoms with van der Waals surface area (Å²) in [6, 6.07) is 12.8. The molecule has 2 aromatic carbocycles. The Labute approximate surface area is 209 Å². The zero-order chi connectivity index (χ0) is 25.4. The third-order valence-electron chi connectivity index (χ3n) is 6.44. The molecule has 36 heavy (non-hydrogen) atoms. The zero-order valence-electron chi connectivity index (χ0n) is 20.7. The standard InChI is InChI=1S/C28H28N4O4/c1-5-36-21-9-8-19(13-22(21)35-4)26-23-24(20-12-16(2)11-17(3)27(20)33)30-31-25(23)28(34)32(26)15-18-7-6-10-29-14-18/h6-14,26,33H,5,15H2,1-4H3,(H,30,31)/t26-/m0/s1. The molecule has 0 radical (unpaired) electrons. The molecule has 2 N–H and O–H groups in total. The number of pyridine rings is 1. The minimum Gasteiger partial charge on any atom is -0.507 e. The molecule has 0 saturated heterocycles. The number of hydrogen-bond donors (Lipinski definition) is 2. The molecule has 1 atom stereocenters. The van der Waals surface area contributed by atoms with E-state index in [1.807, 2.05) is 63.2 Å². The second kappa shape index (κ2) is 9.37. The second-order valence-corrected chi connectivity index (χ2v) is 8.88. The predicted octanol–water partition coefficient (Wildman–Crippen LogP) is 4.95. The van der Waals surface area contributed by atoms with Crippen LogP contribution in [0.2, 0.25) is 0 Å². The van der Waals surface area contributed by atoms with Crippen molar-refractivity contribution in [3.05, 3.63) is 88.4 Å². The molecule has 8 nitrogen and oxygen atoms in total. The minimum absolute atomic E-state index is 0.149. The van der Waals surface area contributed by atoms with Gasteiger partial charge in [-0.3, -0.25) is 14.9 Å². The molecule has 1 aliphatic rings. The van der Waals surface area contributed by atoms with E-state index in [1.54, 1.807) is 24.4 Å². The Balaban J connectivity index is 1.70. The number of aromatic hydroxyl groups is 1. The van der Waals surface area contributed by atoms with Crippen molar-refractivity contribution in [1.29, 1.82) is 0 Å². The lowest BCUT2D eigenvalue weighted by molar-refractivity contribution is 0.0729. The van der Waals surface area contributed by atoms with E-state index < -0.39 is 6.04 Å². The number of aromatic amines is 1. The second-order valence-electron chi connectivity index (χ2n) is 8.88. The number of aryl methyl sites for hydroxylation is 2. The first-order chi connectivity index (χ1) is 17.4. The third-order valence-corrected chi connectivity index (χ3v) is 6.44. The van der Waals surface area contributed by atoms with Crippen LogP contribution >= 0.6 is 0 Å². The van der Waals surface area contributed by atoms with Crippen molar-refractivity contribution >= 4 is 5.91 Å². The minimum atomic E-state index is -0.466. The van der Waals surface area contributed by atoms with Gasteiger partial charge in [-0.05, 0) is 67.3 Å². The summed E-state index contributed by atoms with van der Waals surface area (Å²) in [7, 11) is 1.59. The number of H-pyrrole nitrogens is 1. The summed E-state index contributed by atoms with van der Waals surface area (Å²) in [5, 5.41) is 18.4. The molecule has 4 aromatic rings. The van der Waals surface area contributed by atoms with Gasteiger partial charge in [-0.25, -0.2) is 0 Å². The van der Waals surface area contributed by atoms with Crippen LogP contribution in [0.1, 0.15) is 51.3 Å². The number of nitrogens with zero attached hydrogens (tertiary/aromatic N) is 3. The largest absolute Gasteiger partial charge is 0.507 e. The highest BCUT2D eigenvalue weighted by Gasteiger charge is 2.43. The van der Waals surface area contributed by atoms with Crippen molar-refractivity contribution in [3.63, 3.8) is 0 Å². The fourth-order valence-electron chi connectivity index (χ4n) is 4.87. The average molecular weight is 485 g/mol. The number of phenols is 1. The van der Waals surface area contributed by atoms with Crippen molar-refractivity contribution in [2.24, 2.45) is 0 Å². The number of rotatable bonds is 7. The van der Waals surface area contributed by atoms with Gasteiger partial charge in [0, 0.05) is 30.1 Å². The molecule has 1 aliphatic heterocycles. The summed E-state index contributed by atoms with van der Waals surface area (Å²) in [5.41, 5.74) is 5.75. The molecule has 0 bridgehead atoms. The van der Waals surface area contributed by atoms with E-state index in [9.17, 15) is 9.90 Å². The van der Waals surface area contributed by atoms with Gasteiger partial charge in [-0.2, -0.15) is 5.10 Å². The van der Waals surface area contributed by atoms with E-state index in [2.05, 4.69) is 15.2 Å². The summed E-state index contributed by atoms with van der Waals surface area (Å²) in [6.07, 6.45) is 3.46. The van der Waals surface area contributed by atoms with Crippen molar-refractivity contribution in [3.8, 4) is 28.5 Å². The molecule has 0 spiro atoms. The van der Waals surface area contributed by atoms with Gasteiger partial charge in [-0.15, -0.1) is 0 Å². The van der Waals surface area contributed by atoms with E-state index in [0.717, 1.165) is 27.8 Å². The number of hydrogen-bond acceptors (Lipinski definition) is 6. The number of aromatic nitrogens is 3. The van der Waals surface area contributed by atoms with Crippen LogP contribution < -0.4 is 9.47 Å². The molecule has 5 rings (SSSR count). The maximum atomic E-state index is 13.7. The summed E-state index contributed by atoms with van der Waals surface area (Å²) in [4.78, 5) is 19.7. The van der Waals surface area contributed by atoms with Gasteiger partial charge in [0.25, 0.3) is 5.91 Å². The lowest BCUT2D eigenvalue weighted by Gasteiger charge is -2.27. The number of amides is 1. The fraction of sp³-hybridized carbons (Fsp3) is 0.250. The Morgan fingerprint density at radius 2 is 1.97 bits per heavy atom. The number of benzene rings is 2. The first-order valence-electron chi connectivity index (χ1n) is 11.8. The van der Waals surface area contributed by atoms with Gasteiger partial charge >= 0.3 is 0 Å². The molecule has 0 saturated carbocycles. The van der Waals surface area contributed by atoms with Gasteiger partial charge in [0.2, 0.25) is 0 Å². The molecular weight excluding hydrogens is 456 g/mol. The maximum Gasteiger partial charge on any atom is 0.273 e. The molecule has 8 heteroatoms. The first kappa shape index (κ1) is 23.4. The Morgan fingerprint density at radius 1 is 1.14 bits per heavy atom. The Kier molecular flexibility index (Phi) is 6.10. The third kappa shape index (κ3) is 3.94. The van der Waals surface area contributed by atoms with Crippen LogP contribution in [-0.4, -0.2) is 44.8 Å². The number of carbonyl (C=O) groups excluding carboxylic acids is 1. The number of fused-ring (bicyclic) bond motifs is 1. The number of ether oxygens (including phenoxy) is 2. The summed E-state index contributed by atoms with van der Waals surface area (Å²) < 4.78 is 11.3. The van der Waals surface area contributed by atoms with Crippen LogP contribution in [-0.2, 0) is 6.54 Å². The van der Waals surface area contributed by atoms with Crippen LogP contribution in [0.15, 0.2) is 54.9 Å². The lowest BCUT2D eigenvalue weighted by atomic mass is 9.93. The molecule has 3 heterocycles. The molecule has 0 aliphatic carbocycles. The monoisotopic (exact) mass is 484 g/mol. The molecule has 0 unspecified atom stereocenters. The van der Waals surface area contributed by atoms with Gasteiger partial charge in [0.1, 0.15) is 17.1 Å². The van der Waals surface area contributed by atoms with Crippen LogP contribution in [0.5, 0.6) is 17.2 Å². The van der Waals surface area contributed by atoms with E-state index in [4.69, 9.17) is 9.47 Å². The average Bonchev–Trinajstić information content (AvgIpc) is 3.41. The van der Waals surface area contributed by atoms with Crippen LogP contribution in [0.25, 0.3) is 11.3 Å². The first-order valence-corrected chi connectivity index (χ1v) is 11.8. The number of carbonyl (C=O) groups is 1. The number of phenolic OH excluding ortho intramolecular Hbond substituents is 1. The van der Waals surface area contributed by atoms with Crippen LogP contribution in [0, 0.1) is 13.8 Å². The van der Waals surface area contributed by atoms with E-state index in [0.29, 0.717) is 41.6 Å². The number of methoxy groups -OCH3 is 1. The van der Waals surface area contributed by atoms with Gasteiger partial charge < -0.3 is 19.5 Å². The summed E-state index contributed by atoms with van der Waals surface area (Å²) in [5.74, 6) is 1.19. The van der Waals surface area contributed by atoms with Gasteiger partial charge in [0.15, 0.2) is 11.5 Å². The van der Waals surface area contributed by atoms with Crippen LogP contribution in [0.3, 0.4) is 0 Å². The van der Waals surface area contributed by atoms with E-state index in [-0.39, 0.29) is 11.7 Å². The van der Waals surface area contributed by atoms with E-state index in [1.165, 1.54) is 0 Å². The van der Waals surface area contributed by atoms with Crippen LogP contribution in [0.4, 0.5) is 0 Å². The number of nitrogens with one attached hydrogen (secondary N) is 1. The van der Waals surface area contributed by atoms with Gasteiger partial charge in [-0.1, -0.05) is 18.2 Å². The Morgan fingerprint density at radius 3 is 2.69 bits per heavy atom. The zero-order valence-corrected chi connectivity index (χ0v) is 20.7. The highest BCUT2D eigenvalue weighted by Crippen LogP contribution is 2.47. The normalized spacial score (nSPS) is 14.7. The quantitative estimate of drug-likeness (QED) is 0.385. The Bertz CT molecular complexity index is 1430. The Hall–Kier alpha value is -4.33. The smallest absolute Gasteiger partial charge is 0.273 e. The lowest BCUT2D eigenvalue weighted by Crippen LogP contribution is -2.29. The maximum absolute atomic E-state index is 13.7. The molecule has 184 valence electrons. The highest BCUT2D eigenvalue weighted by molar-refractivity contribution is 6.00. The summed E-state index contributed by atoms with van der Waals surface area (Å²) in [6.45, 7) is 6.60. The molecule has 0 fully saturated rings. The topological polar surface area (TPSA) is 101 Å². The molecule has 1 amide bonds. The SMILES string of the molecule is CCOc1ccc([C@H]2c3c(-c4cc(C)cc(C)c4O)n[nH]c3C(=O)N2Cc2cccnc2)cc1OC. The van der Waals surface area contributed by atoms with Gasteiger partial charge in [0.05, 0.1) is 19.8 Å². The molecule has 2 aromatic heterocycles. The van der Waals surface area contributed by atoms with E-state index >= 15 is 0 Å². The van der Waals surface area contributed by atoms with Crippen molar-refractivity contribution < 1.29 is 19.4 Å². The fourth-order valence-corrected chi connectivity index (χ4v) is 4.87. The van der Waals surface area contributed by atoms with Crippen molar-refractivity contribution in [1.82, 2.24) is 20.1 Å². The molecular formula is C28H28N4O4. The highest BCUT2D eigenvalue weighted by atomic mass is 16.5. The predicted molar refractivity (Wildman–Crippen MR) is 135 cm³/mol. The summed E-state index contributed by atoms with van der Waals surface area (Å²) >= 11 is 0.